The SMILES string of the molecule is CCCNC(C(=O)OC)C1CC=CCC1. The molecule has 0 saturated carbocycles. The van der Waals surface area contributed by atoms with Gasteiger partial charge in [-0.05, 0) is 38.1 Å². The summed E-state index contributed by atoms with van der Waals surface area (Å²) < 4.78 is 4.84. The number of carbonyl (C=O) groups is 1. The van der Waals surface area contributed by atoms with Gasteiger partial charge in [-0.25, -0.2) is 0 Å². The van der Waals surface area contributed by atoms with Gasteiger partial charge in [0.2, 0.25) is 0 Å². The van der Waals surface area contributed by atoms with Crippen LogP contribution in [0.25, 0.3) is 0 Å². The van der Waals surface area contributed by atoms with E-state index < -0.39 is 0 Å². The zero-order valence-electron chi connectivity index (χ0n) is 9.66. The van der Waals surface area contributed by atoms with E-state index in [1.54, 1.807) is 0 Å². The maximum Gasteiger partial charge on any atom is 0.323 e. The molecule has 0 spiro atoms. The lowest BCUT2D eigenvalue weighted by Gasteiger charge is -2.26. The molecule has 0 aromatic heterocycles. The third kappa shape index (κ3) is 3.67. The number of hydrogen-bond donors (Lipinski definition) is 1. The first-order valence-corrected chi connectivity index (χ1v) is 5.75. The van der Waals surface area contributed by atoms with Crippen LogP contribution >= 0.6 is 0 Å². The minimum absolute atomic E-state index is 0.122. The highest BCUT2D eigenvalue weighted by atomic mass is 16.5. The molecule has 0 amide bonds. The van der Waals surface area contributed by atoms with E-state index in [-0.39, 0.29) is 12.0 Å². The Balaban J connectivity index is 2.53. The molecule has 1 aliphatic rings. The fraction of sp³-hybridized carbons (Fsp3) is 0.750. The van der Waals surface area contributed by atoms with Crippen molar-refractivity contribution >= 4 is 5.97 Å². The van der Waals surface area contributed by atoms with Crippen molar-refractivity contribution in [3.63, 3.8) is 0 Å². The van der Waals surface area contributed by atoms with E-state index in [9.17, 15) is 4.79 Å². The first-order chi connectivity index (χ1) is 7.29. The Labute approximate surface area is 91.9 Å². The van der Waals surface area contributed by atoms with Gasteiger partial charge in [0.1, 0.15) is 6.04 Å². The fourth-order valence-electron chi connectivity index (χ4n) is 1.99. The zero-order chi connectivity index (χ0) is 11.1. The molecule has 15 heavy (non-hydrogen) atoms. The number of nitrogens with one attached hydrogen (secondary N) is 1. The number of esters is 1. The second kappa shape index (κ2) is 6.62. The molecule has 0 fully saturated rings. The molecule has 86 valence electrons. The average molecular weight is 211 g/mol. The molecular weight excluding hydrogens is 190 g/mol. The van der Waals surface area contributed by atoms with Crippen LogP contribution in [0.5, 0.6) is 0 Å². The number of rotatable bonds is 5. The number of hydrogen-bond acceptors (Lipinski definition) is 3. The van der Waals surface area contributed by atoms with Crippen LogP contribution in [0.2, 0.25) is 0 Å². The summed E-state index contributed by atoms with van der Waals surface area (Å²) in [7, 11) is 1.46. The first kappa shape index (κ1) is 12.2. The molecule has 3 heteroatoms. The third-order valence-corrected chi connectivity index (χ3v) is 2.85. The molecule has 1 aliphatic carbocycles. The molecule has 1 rings (SSSR count). The molecule has 0 aliphatic heterocycles. The number of ether oxygens (including phenoxy) is 1. The van der Waals surface area contributed by atoms with Crippen LogP contribution in [-0.2, 0) is 9.53 Å². The predicted molar refractivity (Wildman–Crippen MR) is 60.6 cm³/mol. The summed E-state index contributed by atoms with van der Waals surface area (Å²) in [5.41, 5.74) is 0. The van der Waals surface area contributed by atoms with Gasteiger partial charge in [-0.15, -0.1) is 0 Å². The summed E-state index contributed by atoms with van der Waals surface area (Å²) in [6, 6.07) is -0.125. The van der Waals surface area contributed by atoms with E-state index >= 15 is 0 Å². The Hall–Kier alpha value is -0.830. The van der Waals surface area contributed by atoms with Crippen LogP contribution in [0.1, 0.15) is 32.6 Å². The van der Waals surface area contributed by atoms with Crippen LogP contribution in [0, 0.1) is 5.92 Å². The highest BCUT2D eigenvalue weighted by molar-refractivity contribution is 5.76. The fourth-order valence-corrected chi connectivity index (χ4v) is 1.99. The monoisotopic (exact) mass is 211 g/mol. The number of methoxy groups -OCH3 is 1. The maximum absolute atomic E-state index is 11.6. The molecule has 0 heterocycles. The summed E-state index contributed by atoms with van der Waals surface area (Å²) in [5.74, 6) is 0.276. The van der Waals surface area contributed by atoms with Crippen molar-refractivity contribution in [3.05, 3.63) is 12.2 Å². The van der Waals surface area contributed by atoms with Crippen LogP contribution in [0.15, 0.2) is 12.2 Å². The van der Waals surface area contributed by atoms with E-state index in [1.165, 1.54) is 7.11 Å². The van der Waals surface area contributed by atoms with E-state index in [4.69, 9.17) is 4.74 Å². The molecule has 2 unspecified atom stereocenters. The average Bonchev–Trinajstić information content (AvgIpc) is 2.30. The third-order valence-electron chi connectivity index (χ3n) is 2.85. The topological polar surface area (TPSA) is 38.3 Å². The molecule has 2 atom stereocenters. The summed E-state index contributed by atoms with van der Waals surface area (Å²) in [5, 5.41) is 3.28. The smallest absolute Gasteiger partial charge is 0.323 e. The summed E-state index contributed by atoms with van der Waals surface area (Å²) in [6.07, 6.45) is 8.52. The van der Waals surface area contributed by atoms with Crippen molar-refractivity contribution in [2.45, 2.75) is 38.6 Å². The first-order valence-electron chi connectivity index (χ1n) is 5.75. The zero-order valence-corrected chi connectivity index (χ0v) is 9.66. The van der Waals surface area contributed by atoms with Crippen molar-refractivity contribution in [1.29, 1.82) is 0 Å². The van der Waals surface area contributed by atoms with E-state index in [1.807, 2.05) is 0 Å². The van der Waals surface area contributed by atoms with Gasteiger partial charge in [0.15, 0.2) is 0 Å². The number of carbonyl (C=O) groups excluding carboxylic acids is 1. The van der Waals surface area contributed by atoms with Gasteiger partial charge in [-0.3, -0.25) is 4.79 Å². The van der Waals surface area contributed by atoms with Crippen molar-refractivity contribution in [2.75, 3.05) is 13.7 Å². The normalized spacial score (nSPS) is 22.4. The largest absolute Gasteiger partial charge is 0.468 e. The van der Waals surface area contributed by atoms with Crippen molar-refractivity contribution < 1.29 is 9.53 Å². The highest BCUT2D eigenvalue weighted by Crippen LogP contribution is 2.22. The van der Waals surface area contributed by atoms with Gasteiger partial charge >= 0.3 is 5.97 Å². The standard InChI is InChI=1S/C12H21NO2/c1-3-9-13-11(12(14)15-2)10-7-5-4-6-8-10/h4-5,10-11,13H,3,6-9H2,1-2H3. The van der Waals surface area contributed by atoms with Gasteiger partial charge in [0.25, 0.3) is 0 Å². The minimum Gasteiger partial charge on any atom is -0.468 e. The lowest BCUT2D eigenvalue weighted by atomic mass is 9.87. The van der Waals surface area contributed by atoms with Gasteiger partial charge < -0.3 is 10.1 Å². The Morgan fingerprint density at radius 1 is 1.60 bits per heavy atom. The van der Waals surface area contributed by atoms with Gasteiger partial charge in [-0.2, -0.15) is 0 Å². The Bertz CT molecular complexity index is 226. The quantitative estimate of drug-likeness (QED) is 0.557. The lowest BCUT2D eigenvalue weighted by Crippen LogP contribution is -2.44. The van der Waals surface area contributed by atoms with E-state index in [2.05, 4.69) is 24.4 Å². The molecular formula is C12H21NO2. The van der Waals surface area contributed by atoms with Gasteiger partial charge in [0.05, 0.1) is 7.11 Å². The maximum atomic E-state index is 11.6. The molecule has 0 radical (unpaired) electrons. The molecule has 3 nitrogen and oxygen atoms in total. The van der Waals surface area contributed by atoms with Crippen molar-refractivity contribution in [1.82, 2.24) is 5.32 Å². The number of allylic oxidation sites excluding steroid dienone is 2. The second-order valence-electron chi connectivity index (χ2n) is 4.00. The summed E-state index contributed by atoms with van der Waals surface area (Å²) >= 11 is 0. The minimum atomic E-state index is -0.125. The molecule has 1 N–H and O–H groups in total. The van der Waals surface area contributed by atoms with Crippen LogP contribution in [0.4, 0.5) is 0 Å². The van der Waals surface area contributed by atoms with Crippen LogP contribution in [-0.4, -0.2) is 25.7 Å². The van der Waals surface area contributed by atoms with E-state index in [0.29, 0.717) is 5.92 Å². The Morgan fingerprint density at radius 3 is 2.93 bits per heavy atom. The lowest BCUT2D eigenvalue weighted by molar-refractivity contribution is -0.144. The Morgan fingerprint density at radius 2 is 2.40 bits per heavy atom. The van der Waals surface area contributed by atoms with Gasteiger partial charge in [0, 0.05) is 0 Å². The van der Waals surface area contributed by atoms with Crippen molar-refractivity contribution in [3.8, 4) is 0 Å². The second-order valence-corrected chi connectivity index (χ2v) is 4.00. The van der Waals surface area contributed by atoms with E-state index in [0.717, 1.165) is 32.2 Å². The van der Waals surface area contributed by atoms with Crippen LogP contribution in [0.3, 0.4) is 0 Å². The van der Waals surface area contributed by atoms with Crippen molar-refractivity contribution in [2.24, 2.45) is 5.92 Å². The predicted octanol–water partition coefficient (Wildman–Crippen LogP) is 1.88. The highest BCUT2D eigenvalue weighted by Gasteiger charge is 2.28. The molecule has 0 aromatic rings. The van der Waals surface area contributed by atoms with Gasteiger partial charge in [-0.1, -0.05) is 19.1 Å². The Kier molecular flexibility index (Phi) is 5.40. The summed E-state index contributed by atoms with van der Waals surface area (Å²) in [4.78, 5) is 11.6. The molecule has 0 aromatic carbocycles. The summed E-state index contributed by atoms with van der Waals surface area (Å²) in [6.45, 7) is 2.97. The van der Waals surface area contributed by atoms with Crippen LogP contribution < -0.4 is 5.32 Å². The molecule has 0 saturated heterocycles. The molecule has 0 bridgehead atoms.